The van der Waals surface area contributed by atoms with Gasteiger partial charge in [-0.05, 0) is 24.5 Å². The van der Waals surface area contributed by atoms with Gasteiger partial charge in [-0.25, -0.2) is 0 Å². The molecule has 2 nitrogen and oxygen atoms in total. The van der Waals surface area contributed by atoms with Crippen molar-refractivity contribution in [1.29, 1.82) is 0 Å². The van der Waals surface area contributed by atoms with Crippen LogP contribution in [0.3, 0.4) is 0 Å². The zero-order valence-electron chi connectivity index (χ0n) is 7.75. The van der Waals surface area contributed by atoms with E-state index in [-0.39, 0.29) is 0 Å². The minimum absolute atomic E-state index is 0.516. The van der Waals surface area contributed by atoms with Crippen molar-refractivity contribution in [3.05, 3.63) is 20.8 Å². The van der Waals surface area contributed by atoms with E-state index in [9.17, 15) is 0 Å². The van der Waals surface area contributed by atoms with Gasteiger partial charge in [0.25, 0.3) is 0 Å². The average molecular weight is 230 g/mol. The zero-order valence-corrected chi connectivity index (χ0v) is 9.33. The molecule has 0 saturated carbocycles. The van der Waals surface area contributed by atoms with Gasteiger partial charge < -0.3 is 10.1 Å². The highest BCUT2D eigenvalue weighted by Crippen LogP contribution is 2.39. The summed E-state index contributed by atoms with van der Waals surface area (Å²) in [6.45, 7) is 1.73. The molecule has 0 spiro atoms. The SMILES string of the molecule is Clc1cc2c(s1)CCC2NC1COC1. The Labute approximate surface area is 92.2 Å². The third kappa shape index (κ3) is 1.48. The number of hydrogen-bond donors (Lipinski definition) is 1. The number of fused-ring (bicyclic) bond motifs is 1. The Kier molecular flexibility index (Phi) is 2.28. The molecule has 1 aromatic heterocycles. The van der Waals surface area contributed by atoms with Crippen molar-refractivity contribution < 1.29 is 4.74 Å². The highest BCUT2D eigenvalue weighted by molar-refractivity contribution is 7.16. The number of rotatable bonds is 2. The standard InChI is InChI=1S/C10H12ClNOS/c11-10-3-7-8(1-2-9(7)14-10)12-6-4-13-5-6/h3,6,8,12H,1-2,4-5H2. The molecular formula is C10H12ClNOS. The molecular weight excluding hydrogens is 218 g/mol. The zero-order chi connectivity index (χ0) is 9.54. The van der Waals surface area contributed by atoms with E-state index < -0.39 is 0 Å². The Morgan fingerprint density at radius 2 is 2.36 bits per heavy atom. The maximum absolute atomic E-state index is 5.99. The first kappa shape index (κ1) is 9.16. The second kappa shape index (κ2) is 3.49. The first-order valence-corrected chi connectivity index (χ1v) is 6.14. The van der Waals surface area contributed by atoms with Crippen LogP contribution in [0.4, 0.5) is 0 Å². The van der Waals surface area contributed by atoms with Crippen LogP contribution in [0.1, 0.15) is 22.9 Å². The second-order valence-electron chi connectivity index (χ2n) is 3.92. The maximum Gasteiger partial charge on any atom is 0.0934 e. The fourth-order valence-electron chi connectivity index (χ4n) is 2.12. The van der Waals surface area contributed by atoms with Gasteiger partial charge in [0.2, 0.25) is 0 Å². The van der Waals surface area contributed by atoms with E-state index in [0.717, 1.165) is 17.6 Å². The summed E-state index contributed by atoms with van der Waals surface area (Å²) in [5, 5.41) is 3.61. The first-order chi connectivity index (χ1) is 6.83. The van der Waals surface area contributed by atoms with Crippen LogP contribution >= 0.6 is 22.9 Å². The Morgan fingerprint density at radius 1 is 1.50 bits per heavy atom. The van der Waals surface area contributed by atoms with Gasteiger partial charge in [-0.15, -0.1) is 11.3 Å². The molecule has 0 amide bonds. The summed E-state index contributed by atoms with van der Waals surface area (Å²) < 4.78 is 6.07. The molecule has 1 saturated heterocycles. The summed E-state index contributed by atoms with van der Waals surface area (Å²) in [5.74, 6) is 0. The maximum atomic E-state index is 5.99. The quantitative estimate of drug-likeness (QED) is 0.841. The molecule has 0 aromatic carbocycles. The van der Waals surface area contributed by atoms with Crippen LogP contribution in [0.2, 0.25) is 4.34 Å². The van der Waals surface area contributed by atoms with Crippen molar-refractivity contribution in [3.8, 4) is 0 Å². The predicted octanol–water partition coefficient (Wildman–Crippen LogP) is 2.38. The van der Waals surface area contributed by atoms with Crippen LogP contribution in [0.25, 0.3) is 0 Å². The Hall–Kier alpha value is -0.0900. The molecule has 1 N–H and O–H groups in total. The number of ether oxygens (including phenoxy) is 1. The summed E-state index contributed by atoms with van der Waals surface area (Å²) in [6, 6.07) is 3.19. The fraction of sp³-hybridized carbons (Fsp3) is 0.600. The van der Waals surface area contributed by atoms with E-state index in [4.69, 9.17) is 16.3 Å². The minimum atomic E-state index is 0.516. The van der Waals surface area contributed by atoms with Gasteiger partial charge in [-0.2, -0.15) is 0 Å². The molecule has 4 heteroatoms. The molecule has 3 rings (SSSR count). The number of halogens is 1. The normalized spacial score (nSPS) is 26.2. The van der Waals surface area contributed by atoms with Crippen molar-refractivity contribution in [2.45, 2.75) is 24.9 Å². The highest BCUT2D eigenvalue weighted by Gasteiger charge is 2.29. The van der Waals surface area contributed by atoms with Crippen LogP contribution in [0.5, 0.6) is 0 Å². The predicted molar refractivity (Wildman–Crippen MR) is 58.1 cm³/mol. The summed E-state index contributed by atoms with van der Waals surface area (Å²) in [7, 11) is 0. The van der Waals surface area contributed by atoms with Gasteiger partial charge in [-0.3, -0.25) is 0 Å². The van der Waals surface area contributed by atoms with Gasteiger partial charge in [-0.1, -0.05) is 11.6 Å². The summed E-state index contributed by atoms with van der Waals surface area (Å²) >= 11 is 7.72. The van der Waals surface area contributed by atoms with Crippen molar-refractivity contribution in [2.75, 3.05) is 13.2 Å². The van der Waals surface area contributed by atoms with E-state index in [1.165, 1.54) is 23.3 Å². The van der Waals surface area contributed by atoms with Crippen LogP contribution in [0, 0.1) is 0 Å². The molecule has 0 bridgehead atoms. The van der Waals surface area contributed by atoms with Crippen molar-refractivity contribution in [3.63, 3.8) is 0 Å². The van der Waals surface area contributed by atoms with Gasteiger partial charge in [0, 0.05) is 10.9 Å². The lowest BCUT2D eigenvalue weighted by Crippen LogP contribution is -2.46. The molecule has 2 aliphatic rings. The summed E-state index contributed by atoms with van der Waals surface area (Å²) in [6.07, 6.45) is 2.40. The molecule has 76 valence electrons. The third-order valence-electron chi connectivity index (χ3n) is 2.92. The average Bonchev–Trinajstić information content (AvgIpc) is 2.57. The van der Waals surface area contributed by atoms with E-state index in [1.54, 1.807) is 11.3 Å². The molecule has 1 atom stereocenters. The van der Waals surface area contributed by atoms with E-state index in [2.05, 4.69) is 11.4 Å². The number of hydrogen-bond acceptors (Lipinski definition) is 3. The lowest BCUT2D eigenvalue weighted by atomic mass is 10.1. The molecule has 1 aliphatic carbocycles. The van der Waals surface area contributed by atoms with E-state index in [0.29, 0.717) is 12.1 Å². The van der Waals surface area contributed by atoms with Gasteiger partial charge in [0.15, 0.2) is 0 Å². The molecule has 0 radical (unpaired) electrons. The van der Waals surface area contributed by atoms with Crippen molar-refractivity contribution in [1.82, 2.24) is 5.32 Å². The smallest absolute Gasteiger partial charge is 0.0934 e. The summed E-state index contributed by atoms with van der Waals surface area (Å²) in [5.41, 5.74) is 1.42. The fourth-order valence-corrected chi connectivity index (χ4v) is 3.48. The molecule has 1 aromatic rings. The molecule has 1 aliphatic heterocycles. The second-order valence-corrected chi connectivity index (χ2v) is 5.69. The number of aryl methyl sites for hydroxylation is 1. The third-order valence-corrected chi connectivity index (χ3v) is 4.26. The lowest BCUT2D eigenvalue weighted by molar-refractivity contribution is -0.0100. The molecule has 14 heavy (non-hydrogen) atoms. The topological polar surface area (TPSA) is 21.3 Å². The van der Waals surface area contributed by atoms with E-state index in [1.807, 2.05) is 0 Å². The highest BCUT2D eigenvalue weighted by atomic mass is 35.5. The largest absolute Gasteiger partial charge is 0.378 e. The minimum Gasteiger partial charge on any atom is -0.378 e. The van der Waals surface area contributed by atoms with Crippen LogP contribution in [0.15, 0.2) is 6.07 Å². The Morgan fingerprint density at radius 3 is 3.07 bits per heavy atom. The Bertz CT molecular complexity index is 348. The van der Waals surface area contributed by atoms with Gasteiger partial charge in [0.05, 0.1) is 23.6 Å². The first-order valence-electron chi connectivity index (χ1n) is 4.95. The lowest BCUT2D eigenvalue weighted by Gasteiger charge is -2.30. The van der Waals surface area contributed by atoms with Crippen molar-refractivity contribution >= 4 is 22.9 Å². The van der Waals surface area contributed by atoms with Gasteiger partial charge >= 0.3 is 0 Å². The van der Waals surface area contributed by atoms with Crippen LogP contribution < -0.4 is 5.32 Å². The Balaban J connectivity index is 1.75. The number of thiophene rings is 1. The molecule has 1 fully saturated rings. The van der Waals surface area contributed by atoms with Crippen LogP contribution in [-0.2, 0) is 11.2 Å². The van der Waals surface area contributed by atoms with Gasteiger partial charge in [0.1, 0.15) is 0 Å². The van der Waals surface area contributed by atoms with Crippen molar-refractivity contribution in [2.24, 2.45) is 0 Å². The monoisotopic (exact) mass is 229 g/mol. The number of nitrogens with one attached hydrogen (secondary N) is 1. The van der Waals surface area contributed by atoms with Crippen LogP contribution in [-0.4, -0.2) is 19.3 Å². The van der Waals surface area contributed by atoms with E-state index >= 15 is 0 Å². The molecule has 1 unspecified atom stereocenters. The summed E-state index contributed by atoms with van der Waals surface area (Å²) in [4.78, 5) is 1.47. The molecule has 2 heterocycles.